The Morgan fingerprint density at radius 2 is 2.07 bits per heavy atom. The van der Waals surface area contributed by atoms with Crippen molar-refractivity contribution >= 4 is 11.6 Å². The summed E-state index contributed by atoms with van der Waals surface area (Å²) in [4.78, 5) is 20.6. The van der Waals surface area contributed by atoms with Gasteiger partial charge in [0.2, 0.25) is 0 Å². The number of nitrogens with zero attached hydrogens (tertiary/aromatic N) is 6. The van der Waals surface area contributed by atoms with Gasteiger partial charge in [-0.15, -0.1) is 0 Å². The van der Waals surface area contributed by atoms with Gasteiger partial charge in [0.25, 0.3) is 0 Å². The van der Waals surface area contributed by atoms with Crippen LogP contribution in [0.1, 0.15) is 35.8 Å². The highest BCUT2D eigenvalue weighted by atomic mass is 15.2. The van der Waals surface area contributed by atoms with Crippen LogP contribution in [-0.4, -0.2) is 42.5 Å². The molecule has 0 spiro atoms. The van der Waals surface area contributed by atoms with Crippen LogP contribution in [0.2, 0.25) is 0 Å². The topological polar surface area (TPSA) is 71.8 Å². The van der Waals surface area contributed by atoms with Crippen LogP contribution in [0.25, 0.3) is 0 Å². The van der Waals surface area contributed by atoms with Crippen molar-refractivity contribution in [3.8, 4) is 0 Å². The molecule has 3 aromatic heterocycles. The van der Waals surface area contributed by atoms with Gasteiger partial charge in [-0.2, -0.15) is 0 Å². The Bertz CT molecular complexity index is 887. The minimum absolute atomic E-state index is 0.418. The molecule has 1 aliphatic rings. The van der Waals surface area contributed by atoms with Gasteiger partial charge >= 0.3 is 0 Å². The first-order chi connectivity index (χ1) is 13.2. The number of hydrogen-bond acceptors (Lipinski definition) is 6. The first-order valence-corrected chi connectivity index (χ1v) is 9.37. The molecule has 0 aromatic carbocycles. The zero-order chi connectivity index (χ0) is 18.6. The van der Waals surface area contributed by atoms with E-state index < -0.39 is 0 Å². The summed E-state index contributed by atoms with van der Waals surface area (Å²) in [5.41, 5.74) is 3.15. The fourth-order valence-corrected chi connectivity index (χ4v) is 3.58. The maximum Gasteiger partial charge on any atom is 0.150 e. The maximum atomic E-state index is 4.67. The van der Waals surface area contributed by atoms with Gasteiger partial charge in [0.15, 0.2) is 0 Å². The predicted octanol–water partition coefficient (Wildman–Crippen LogP) is 3.04. The summed E-state index contributed by atoms with van der Waals surface area (Å²) >= 11 is 0. The molecule has 1 atom stereocenters. The number of anilines is 2. The molecule has 4 rings (SSSR count). The minimum atomic E-state index is 0.418. The molecule has 3 aromatic rings. The van der Waals surface area contributed by atoms with Gasteiger partial charge in [-0.3, -0.25) is 9.88 Å². The van der Waals surface area contributed by atoms with E-state index in [0.717, 1.165) is 54.8 Å². The van der Waals surface area contributed by atoms with Crippen LogP contribution >= 0.6 is 0 Å². The average Bonchev–Trinajstić information content (AvgIpc) is 3.07. The van der Waals surface area contributed by atoms with Crippen molar-refractivity contribution in [2.24, 2.45) is 7.05 Å². The summed E-state index contributed by atoms with van der Waals surface area (Å²) in [7, 11) is 2.01. The van der Waals surface area contributed by atoms with E-state index in [1.807, 2.05) is 49.3 Å². The van der Waals surface area contributed by atoms with E-state index in [1.165, 1.54) is 6.42 Å². The van der Waals surface area contributed by atoms with E-state index in [9.17, 15) is 0 Å². The van der Waals surface area contributed by atoms with E-state index in [0.29, 0.717) is 5.92 Å². The standard InChI is InChI=1S/C20H25N7/c1-15-5-3-7-19(24-15)25-20-10-21-18(9-22-20)16-6-4-8-27(11-16)13-17-12-26(2)14-23-17/h3,5,7,9-10,12,14,16H,4,6,8,11,13H2,1-2H3,(H,22,24,25)/t16-/m1/s1. The Balaban J connectivity index is 1.39. The third-order valence-electron chi connectivity index (χ3n) is 4.88. The fourth-order valence-electron chi connectivity index (χ4n) is 3.58. The molecule has 1 saturated heterocycles. The highest BCUT2D eigenvalue weighted by Gasteiger charge is 2.23. The van der Waals surface area contributed by atoms with Gasteiger partial charge < -0.3 is 9.88 Å². The minimum Gasteiger partial charge on any atom is -0.340 e. The SMILES string of the molecule is Cc1cccc(Nc2cnc([C@@H]3CCCN(Cc4cn(C)cn4)C3)cn2)n1. The van der Waals surface area contributed by atoms with Crippen LogP contribution in [0.3, 0.4) is 0 Å². The Morgan fingerprint density at radius 1 is 1.15 bits per heavy atom. The van der Waals surface area contributed by atoms with Crippen molar-refractivity contribution in [1.82, 2.24) is 29.4 Å². The molecule has 1 N–H and O–H groups in total. The van der Waals surface area contributed by atoms with Crippen molar-refractivity contribution in [1.29, 1.82) is 0 Å². The number of nitrogens with one attached hydrogen (secondary N) is 1. The van der Waals surface area contributed by atoms with Crippen molar-refractivity contribution in [3.63, 3.8) is 0 Å². The normalized spacial score (nSPS) is 17.8. The summed E-state index contributed by atoms with van der Waals surface area (Å²) in [6.45, 7) is 4.97. The number of hydrogen-bond donors (Lipinski definition) is 1. The second kappa shape index (κ2) is 7.84. The van der Waals surface area contributed by atoms with Crippen molar-refractivity contribution in [2.75, 3.05) is 18.4 Å². The molecule has 7 heteroatoms. The highest BCUT2D eigenvalue weighted by Crippen LogP contribution is 2.26. The lowest BCUT2D eigenvalue weighted by atomic mass is 9.95. The van der Waals surface area contributed by atoms with Gasteiger partial charge in [-0.1, -0.05) is 6.07 Å². The van der Waals surface area contributed by atoms with Gasteiger partial charge in [-0.25, -0.2) is 15.0 Å². The first-order valence-electron chi connectivity index (χ1n) is 9.37. The van der Waals surface area contributed by atoms with Crippen LogP contribution in [0, 0.1) is 6.92 Å². The fraction of sp³-hybridized carbons (Fsp3) is 0.400. The predicted molar refractivity (Wildman–Crippen MR) is 105 cm³/mol. The number of aryl methyl sites for hydroxylation is 2. The third kappa shape index (κ3) is 4.49. The Kier molecular flexibility index (Phi) is 5.11. The molecule has 1 aliphatic heterocycles. The van der Waals surface area contributed by atoms with E-state index in [-0.39, 0.29) is 0 Å². The lowest BCUT2D eigenvalue weighted by molar-refractivity contribution is 0.196. The number of rotatable bonds is 5. The lowest BCUT2D eigenvalue weighted by Crippen LogP contribution is -2.34. The van der Waals surface area contributed by atoms with Crippen LogP contribution in [0.4, 0.5) is 11.6 Å². The molecule has 0 unspecified atom stereocenters. The molecule has 27 heavy (non-hydrogen) atoms. The van der Waals surface area contributed by atoms with E-state index >= 15 is 0 Å². The Morgan fingerprint density at radius 3 is 2.81 bits per heavy atom. The molecule has 0 radical (unpaired) electrons. The van der Waals surface area contributed by atoms with Crippen molar-refractivity contribution < 1.29 is 0 Å². The lowest BCUT2D eigenvalue weighted by Gasteiger charge is -2.31. The van der Waals surface area contributed by atoms with Gasteiger partial charge in [0.1, 0.15) is 11.6 Å². The van der Waals surface area contributed by atoms with Crippen LogP contribution in [0.15, 0.2) is 43.1 Å². The van der Waals surface area contributed by atoms with Crippen LogP contribution in [0.5, 0.6) is 0 Å². The molecule has 0 aliphatic carbocycles. The summed E-state index contributed by atoms with van der Waals surface area (Å²) in [5, 5.41) is 3.21. The van der Waals surface area contributed by atoms with E-state index in [4.69, 9.17) is 0 Å². The quantitative estimate of drug-likeness (QED) is 0.751. The summed E-state index contributed by atoms with van der Waals surface area (Å²) in [6, 6.07) is 5.88. The molecule has 140 valence electrons. The van der Waals surface area contributed by atoms with Crippen LogP contribution < -0.4 is 5.32 Å². The number of aromatic nitrogens is 5. The molecule has 4 heterocycles. The number of piperidine rings is 1. The smallest absolute Gasteiger partial charge is 0.150 e. The van der Waals surface area contributed by atoms with Gasteiger partial charge in [0.05, 0.1) is 30.1 Å². The summed E-state index contributed by atoms with van der Waals surface area (Å²) in [6.07, 6.45) is 9.97. The van der Waals surface area contributed by atoms with Crippen molar-refractivity contribution in [2.45, 2.75) is 32.2 Å². The summed E-state index contributed by atoms with van der Waals surface area (Å²) < 4.78 is 2.00. The van der Waals surface area contributed by atoms with Gasteiger partial charge in [-0.05, 0) is 38.4 Å². The zero-order valence-electron chi connectivity index (χ0n) is 15.8. The zero-order valence-corrected chi connectivity index (χ0v) is 15.8. The number of pyridine rings is 1. The number of likely N-dealkylation sites (tertiary alicyclic amines) is 1. The van der Waals surface area contributed by atoms with E-state index in [1.54, 1.807) is 6.20 Å². The Labute approximate surface area is 159 Å². The van der Waals surface area contributed by atoms with Crippen LogP contribution in [-0.2, 0) is 13.6 Å². The molecule has 7 nitrogen and oxygen atoms in total. The summed E-state index contributed by atoms with van der Waals surface area (Å²) in [5.74, 6) is 1.93. The average molecular weight is 363 g/mol. The second-order valence-corrected chi connectivity index (χ2v) is 7.22. The van der Waals surface area contributed by atoms with Crippen molar-refractivity contribution in [3.05, 3.63) is 60.2 Å². The first kappa shape index (κ1) is 17.6. The Hall–Kier alpha value is -2.80. The molecular formula is C20H25N7. The van der Waals surface area contributed by atoms with E-state index in [2.05, 4.69) is 36.3 Å². The molecule has 0 bridgehead atoms. The third-order valence-corrected chi connectivity index (χ3v) is 4.88. The van der Waals surface area contributed by atoms with Gasteiger partial charge in [0, 0.05) is 37.9 Å². The second-order valence-electron chi connectivity index (χ2n) is 7.22. The molecule has 0 amide bonds. The number of imidazole rings is 1. The largest absolute Gasteiger partial charge is 0.340 e. The molecule has 0 saturated carbocycles. The monoisotopic (exact) mass is 363 g/mol. The molecule has 1 fully saturated rings. The molecular weight excluding hydrogens is 338 g/mol. The highest BCUT2D eigenvalue weighted by molar-refractivity contribution is 5.50. The maximum absolute atomic E-state index is 4.67.